The van der Waals surface area contributed by atoms with Gasteiger partial charge in [0, 0.05) is 31.2 Å². The third kappa shape index (κ3) is 2.85. The van der Waals surface area contributed by atoms with Crippen LogP contribution in [0.2, 0.25) is 0 Å². The summed E-state index contributed by atoms with van der Waals surface area (Å²) in [6.07, 6.45) is 0. The third-order valence-electron chi connectivity index (χ3n) is 3.26. The molecule has 1 saturated heterocycles. The minimum absolute atomic E-state index is 0.202. The summed E-state index contributed by atoms with van der Waals surface area (Å²) in [7, 11) is 0. The van der Waals surface area contributed by atoms with Gasteiger partial charge in [0.25, 0.3) is 11.4 Å². The normalized spacial score (nSPS) is 22.6. The molecule has 0 radical (unpaired) electrons. The Kier molecular flexibility index (Phi) is 3.84. The molecule has 0 aromatic heterocycles. The Morgan fingerprint density at radius 1 is 1.15 bits per heavy atom. The Bertz CT molecular complexity index is 538. The predicted octanol–water partition coefficient (Wildman–Crippen LogP) is 1.69. The van der Waals surface area contributed by atoms with Crippen molar-refractivity contribution in [2.24, 2.45) is 0 Å². The highest BCUT2D eigenvalue weighted by atomic mass is 16.6. The van der Waals surface area contributed by atoms with Crippen LogP contribution < -0.4 is 10.2 Å². The molecular formula is C12H16N4O4. The maximum Gasteiger partial charge on any atom is 0.299 e. The van der Waals surface area contributed by atoms with E-state index in [0.29, 0.717) is 18.8 Å². The first-order chi connectivity index (χ1) is 9.38. The van der Waals surface area contributed by atoms with Crippen molar-refractivity contribution in [1.29, 1.82) is 0 Å². The summed E-state index contributed by atoms with van der Waals surface area (Å²) in [4.78, 5) is 22.6. The van der Waals surface area contributed by atoms with Crippen LogP contribution in [0.1, 0.15) is 13.8 Å². The largest absolute Gasteiger partial charge is 0.363 e. The second-order valence-corrected chi connectivity index (χ2v) is 5.06. The SMILES string of the molecule is C[C@@H]1CN(c2ccc([N+](=O)[O-])cc2[N+](=O)[O-])C[C@@H](C)N1. The fourth-order valence-corrected chi connectivity index (χ4v) is 2.56. The first-order valence-corrected chi connectivity index (χ1v) is 6.32. The Labute approximate surface area is 115 Å². The van der Waals surface area contributed by atoms with Crippen molar-refractivity contribution in [3.05, 3.63) is 38.4 Å². The highest BCUT2D eigenvalue weighted by molar-refractivity contribution is 5.67. The molecule has 0 saturated carbocycles. The minimum Gasteiger partial charge on any atom is -0.363 e. The Morgan fingerprint density at radius 3 is 2.25 bits per heavy atom. The average Bonchev–Trinajstić information content (AvgIpc) is 2.36. The lowest BCUT2D eigenvalue weighted by Crippen LogP contribution is -2.54. The van der Waals surface area contributed by atoms with Gasteiger partial charge in [0.15, 0.2) is 0 Å². The molecule has 0 bridgehead atoms. The number of hydrogen-bond donors (Lipinski definition) is 1. The number of hydrogen-bond acceptors (Lipinski definition) is 6. The van der Waals surface area contributed by atoms with E-state index < -0.39 is 9.85 Å². The van der Waals surface area contributed by atoms with E-state index in [-0.39, 0.29) is 23.5 Å². The van der Waals surface area contributed by atoms with Gasteiger partial charge in [-0.3, -0.25) is 20.2 Å². The van der Waals surface area contributed by atoms with Crippen LogP contribution in [0.25, 0.3) is 0 Å². The van der Waals surface area contributed by atoms with E-state index in [2.05, 4.69) is 5.32 Å². The highest BCUT2D eigenvalue weighted by Crippen LogP contribution is 2.32. The molecule has 1 aromatic rings. The first kappa shape index (κ1) is 14.2. The van der Waals surface area contributed by atoms with E-state index in [0.717, 1.165) is 6.07 Å². The molecule has 8 heteroatoms. The van der Waals surface area contributed by atoms with Crippen molar-refractivity contribution < 1.29 is 9.85 Å². The molecule has 1 aliphatic heterocycles. The summed E-state index contributed by atoms with van der Waals surface area (Å²) in [5.74, 6) is 0. The Morgan fingerprint density at radius 2 is 1.75 bits per heavy atom. The second-order valence-electron chi connectivity index (χ2n) is 5.06. The van der Waals surface area contributed by atoms with Gasteiger partial charge in [-0.2, -0.15) is 0 Å². The van der Waals surface area contributed by atoms with Gasteiger partial charge >= 0.3 is 0 Å². The molecule has 1 N–H and O–H groups in total. The number of nitro benzene ring substituents is 2. The lowest BCUT2D eigenvalue weighted by molar-refractivity contribution is -0.393. The van der Waals surface area contributed by atoms with E-state index >= 15 is 0 Å². The van der Waals surface area contributed by atoms with Crippen molar-refractivity contribution >= 4 is 17.1 Å². The molecule has 0 amide bonds. The van der Waals surface area contributed by atoms with Crippen LogP contribution in [0.3, 0.4) is 0 Å². The number of nitrogens with zero attached hydrogens (tertiary/aromatic N) is 3. The van der Waals surface area contributed by atoms with Gasteiger partial charge in [-0.05, 0) is 19.9 Å². The number of anilines is 1. The molecule has 0 spiro atoms. The van der Waals surface area contributed by atoms with Crippen molar-refractivity contribution in [3.63, 3.8) is 0 Å². The van der Waals surface area contributed by atoms with E-state index in [1.165, 1.54) is 12.1 Å². The summed E-state index contributed by atoms with van der Waals surface area (Å²) in [5, 5.41) is 25.2. The summed E-state index contributed by atoms with van der Waals surface area (Å²) >= 11 is 0. The van der Waals surface area contributed by atoms with Gasteiger partial charge < -0.3 is 10.2 Å². The van der Waals surface area contributed by atoms with E-state index in [9.17, 15) is 20.2 Å². The third-order valence-corrected chi connectivity index (χ3v) is 3.26. The maximum atomic E-state index is 11.1. The topological polar surface area (TPSA) is 102 Å². The van der Waals surface area contributed by atoms with Crippen LogP contribution in [0, 0.1) is 20.2 Å². The molecular weight excluding hydrogens is 264 g/mol. The zero-order valence-electron chi connectivity index (χ0n) is 11.3. The monoisotopic (exact) mass is 280 g/mol. The van der Waals surface area contributed by atoms with E-state index in [1.54, 1.807) is 0 Å². The van der Waals surface area contributed by atoms with Crippen LogP contribution in [0.5, 0.6) is 0 Å². The number of benzene rings is 1. The summed E-state index contributed by atoms with van der Waals surface area (Å²) in [6.45, 7) is 5.26. The fourth-order valence-electron chi connectivity index (χ4n) is 2.56. The smallest absolute Gasteiger partial charge is 0.299 e. The van der Waals surface area contributed by atoms with Gasteiger partial charge in [-0.25, -0.2) is 0 Å². The molecule has 1 heterocycles. The molecule has 0 aliphatic carbocycles. The maximum absolute atomic E-state index is 11.1. The molecule has 2 rings (SSSR count). The number of non-ortho nitro benzene ring substituents is 1. The Balaban J connectivity index is 2.40. The molecule has 1 aliphatic rings. The van der Waals surface area contributed by atoms with Gasteiger partial charge in [-0.15, -0.1) is 0 Å². The lowest BCUT2D eigenvalue weighted by atomic mass is 10.1. The second kappa shape index (κ2) is 5.41. The quantitative estimate of drug-likeness (QED) is 0.667. The molecule has 1 fully saturated rings. The van der Waals surface area contributed by atoms with Gasteiger partial charge in [0.05, 0.1) is 15.9 Å². The Hall–Kier alpha value is -2.22. The van der Waals surface area contributed by atoms with Crippen molar-refractivity contribution in [2.75, 3.05) is 18.0 Å². The van der Waals surface area contributed by atoms with Crippen molar-refractivity contribution in [1.82, 2.24) is 5.32 Å². The molecule has 20 heavy (non-hydrogen) atoms. The summed E-state index contributed by atoms with van der Waals surface area (Å²) in [6, 6.07) is 4.19. The molecule has 1 aromatic carbocycles. The van der Waals surface area contributed by atoms with Crippen LogP contribution in [-0.2, 0) is 0 Å². The highest BCUT2D eigenvalue weighted by Gasteiger charge is 2.28. The zero-order chi connectivity index (χ0) is 14.9. The number of rotatable bonds is 3. The first-order valence-electron chi connectivity index (χ1n) is 6.32. The zero-order valence-corrected chi connectivity index (χ0v) is 11.3. The standard InChI is InChI=1S/C12H16N4O4/c1-8-6-14(7-9(2)13-8)11-4-3-10(15(17)18)5-12(11)16(19)20/h3-5,8-9,13H,6-7H2,1-2H3/t8-,9-/m1/s1. The van der Waals surface area contributed by atoms with Crippen LogP contribution >= 0.6 is 0 Å². The van der Waals surface area contributed by atoms with Crippen molar-refractivity contribution in [2.45, 2.75) is 25.9 Å². The van der Waals surface area contributed by atoms with E-state index in [1.807, 2.05) is 18.7 Å². The molecule has 108 valence electrons. The summed E-state index contributed by atoms with van der Waals surface area (Å²) in [5.41, 5.74) is -0.0574. The van der Waals surface area contributed by atoms with Crippen molar-refractivity contribution in [3.8, 4) is 0 Å². The van der Waals surface area contributed by atoms with E-state index in [4.69, 9.17) is 0 Å². The number of piperazine rings is 1. The van der Waals surface area contributed by atoms with Gasteiger partial charge in [0.2, 0.25) is 0 Å². The molecule has 2 atom stereocenters. The fraction of sp³-hybridized carbons (Fsp3) is 0.500. The van der Waals surface area contributed by atoms with Crippen LogP contribution in [-0.4, -0.2) is 35.0 Å². The predicted molar refractivity (Wildman–Crippen MR) is 74.0 cm³/mol. The minimum atomic E-state index is -0.625. The van der Waals surface area contributed by atoms with Crippen LogP contribution in [0.4, 0.5) is 17.1 Å². The number of nitrogens with one attached hydrogen (secondary N) is 1. The van der Waals surface area contributed by atoms with Crippen LogP contribution in [0.15, 0.2) is 18.2 Å². The lowest BCUT2D eigenvalue weighted by Gasteiger charge is -2.37. The van der Waals surface area contributed by atoms with Gasteiger partial charge in [0.1, 0.15) is 5.69 Å². The summed E-state index contributed by atoms with van der Waals surface area (Å²) < 4.78 is 0. The number of nitro groups is 2. The van der Waals surface area contributed by atoms with Gasteiger partial charge in [-0.1, -0.05) is 0 Å². The molecule has 0 unspecified atom stereocenters. The molecule has 8 nitrogen and oxygen atoms in total. The average molecular weight is 280 g/mol.